The average molecular weight is 334 g/mol. The van der Waals surface area contributed by atoms with Crippen molar-refractivity contribution >= 4 is 11.9 Å². The molecule has 134 valence electrons. The first kappa shape index (κ1) is 20.2. The van der Waals surface area contributed by atoms with Gasteiger partial charge in [-0.25, -0.2) is 9.59 Å². The van der Waals surface area contributed by atoms with Crippen LogP contribution in [0.5, 0.6) is 0 Å². The fourth-order valence-corrected chi connectivity index (χ4v) is 3.11. The molecule has 1 aromatic carbocycles. The van der Waals surface area contributed by atoms with E-state index in [1.807, 2.05) is 0 Å². The van der Waals surface area contributed by atoms with E-state index in [-0.39, 0.29) is 11.1 Å². The Bertz CT molecular complexity index is 549. The Morgan fingerprint density at radius 3 is 1.88 bits per heavy atom. The summed E-state index contributed by atoms with van der Waals surface area (Å²) >= 11 is 0. The van der Waals surface area contributed by atoms with Crippen molar-refractivity contribution in [2.45, 2.75) is 78.1 Å². The molecule has 1 rings (SSSR count). The molecule has 24 heavy (non-hydrogen) atoms. The van der Waals surface area contributed by atoms with Crippen LogP contribution in [0.2, 0.25) is 0 Å². The van der Waals surface area contributed by atoms with E-state index in [1.54, 1.807) is 13.0 Å². The highest BCUT2D eigenvalue weighted by atomic mass is 16.4. The van der Waals surface area contributed by atoms with Gasteiger partial charge < -0.3 is 10.2 Å². The minimum atomic E-state index is -1.19. The molecule has 0 radical (unpaired) electrons. The van der Waals surface area contributed by atoms with Crippen molar-refractivity contribution in [3.8, 4) is 0 Å². The number of rotatable bonds is 12. The van der Waals surface area contributed by atoms with Gasteiger partial charge in [-0.1, -0.05) is 64.4 Å². The highest BCUT2D eigenvalue weighted by molar-refractivity contribution is 6.03. The van der Waals surface area contributed by atoms with Gasteiger partial charge in [0.15, 0.2) is 0 Å². The maximum Gasteiger partial charge on any atom is 0.336 e. The largest absolute Gasteiger partial charge is 0.478 e. The summed E-state index contributed by atoms with van der Waals surface area (Å²) in [5.41, 5.74) is 1.33. The van der Waals surface area contributed by atoms with Crippen molar-refractivity contribution < 1.29 is 19.8 Å². The molecule has 0 amide bonds. The van der Waals surface area contributed by atoms with E-state index in [2.05, 4.69) is 6.92 Å². The quantitative estimate of drug-likeness (QED) is 0.497. The van der Waals surface area contributed by atoms with Gasteiger partial charge in [0.2, 0.25) is 0 Å². The van der Waals surface area contributed by atoms with Crippen molar-refractivity contribution in [1.29, 1.82) is 0 Å². The van der Waals surface area contributed by atoms with Gasteiger partial charge in [-0.3, -0.25) is 0 Å². The zero-order chi connectivity index (χ0) is 17.9. The summed E-state index contributed by atoms with van der Waals surface area (Å²) in [4.78, 5) is 22.5. The topological polar surface area (TPSA) is 74.6 Å². The number of hydrogen-bond donors (Lipinski definition) is 2. The zero-order valence-electron chi connectivity index (χ0n) is 14.9. The van der Waals surface area contributed by atoms with Gasteiger partial charge in [0.25, 0.3) is 0 Å². The molecule has 0 saturated heterocycles. The van der Waals surface area contributed by atoms with E-state index in [0.29, 0.717) is 5.56 Å². The van der Waals surface area contributed by atoms with E-state index in [0.717, 1.165) is 24.8 Å². The third kappa shape index (κ3) is 6.34. The Balaban J connectivity index is 2.45. The molecule has 0 heterocycles. The normalized spacial score (nSPS) is 10.8. The van der Waals surface area contributed by atoms with Gasteiger partial charge in [0.05, 0.1) is 11.1 Å². The minimum absolute atomic E-state index is 0.0732. The number of carboxylic acids is 2. The maximum absolute atomic E-state index is 11.4. The summed E-state index contributed by atoms with van der Waals surface area (Å²) in [6, 6.07) is 3.18. The molecule has 0 unspecified atom stereocenters. The van der Waals surface area contributed by atoms with Gasteiger partial charge in [-0.05, 0) is 37.0 Å². The molecule has 0 aromatic heterocycles. The van der Waals surface area contributed by atoms with E-state index in [4.69, 9.17) is 5.11 Å². The highest BCUT2D eigenvalue weighted by Crippen LogP contribution is 2.21. The van der Waals surface area contributed by atoms with Gasteiger partial charge in [0, 0.05) is 0 Å². The molecule has 1 aromatic rings. The van der Waals surface area contributed by atoms with Crippen LogP contribution in [0.3, 0.4) is 0 Å². The minimum Gasteiger partial charge on any atom is -0.478 e. The van der Waals surface area contributed by atoms with Crippen LogP contribution in [0, 0.1) is 6.92 Å². The average Bonchev–Trinajstić information content (AvgIpc) is 2.53. The van der Waals surface area contributed by atoms with Crippen LogP contribution in [0.1, 0.15) is 96.6 Å². The van der Waals surface area contributed by atoms with Crippen LogP contribution < -0.4 is 0 Å². The summed E-state index contributed by atoms with van der Waals surface area (Å²) in [5, 5.41) is 18.4. The molecule has 4 nitrogen and oxygen atoms in total. The van der Waals surface area contributed by atoms with Crippen LogP contribution in [-0.2, 0) is 6.42 Å². The first-order valence-electron chi connectivity index (χ1n) is 9.08. The Labute approximate surface area is 144 Å². The third-order valence-electron chi connectivity index (χ3n) is 4.57. The van der Waals surface area contributed by atoms with Crippen molar-refractivity contribution in [2.24, 2.45) is 0 Å². The van der Waals surface area contributed by atoms with E-state index < -0.39 is 11.9 Å². The third-order valence-corrected chi connectivity index (χ3v) is 4.57. The highest BCUT2D eigenvalue weighted by Gasteiger charge is 2.20. The standard InChI is InChI=1S/C20H30O4/c1-3-4-5-6-7-8-9-10-11-12-16-13-14-17(19(21)22)18(15(16)2)20(23)24/h13-14H,3-12H2,1-2H3,(H,21,22)(H,23,24). The number of aryl methyl sites for hydroxylation is 1. The van der Waals surface area contributed by atoms with E-state index in [1.165, 1.54) is 51.0 Å². The van der Waals surface area contributed by atoms with Crippen LogP contribution in [0.15, 0.2) is 12.1 Å². The maximum atomic E-state index is 11.4. The molecule has 0 aliphatic rings. The smallest absolute Gasteiger partial charge is 0.336 e. The number of unbranched alkanes of at least 4 members (excludes halogenated alkanes) is 8. The lowest BCUT2D eigenvalue weighted by Gasteiger charge is -2.11. The van der Waals surface area contributed by atoms with Gasteiger partial charge >= 0.3 is 11.9 Å². The second kappa shape index (κ2) is 10.8. The van der Waals surface area contributed by atoms with Gasteiger partial charge in [-0.15, -0.1) is 0 Å². The van der Waals surface area contributed by atoms with Crippen molar-refractivity contribution in [3.63, 3.8) is 0 Å². The van der Waals surface area contributed by atoms with Crippen molar-refractivity contribution in [3.05, 3.63) is 34.4 Å². The lowest BCUT2D eigenvalue weighted by atomic mass is 9.93. The summed E-state index contributed by atoms with van der Waals surface area (Å²) in [6.07, 6.45) is 12.0. The monoisotopic (exact) mass is 334 g/mol. The Hall–Kier alpha value is -1.84. The fraction of sp³-hybridized carbons (Fsp3) is 0.600. The Morgan fingerprint density at radius 1 is 0.833 bits per heavy atom. The molecule has 0 spiro atoms. The van der Waals surface area contributed by atoms with Crippen molar-refractivity contribution in [2.75, 3.05) is 0 Å². The van der Waals surface area contributed by atoms with E-state index >= 15 is 0 Å². The molecule has 4 heteroatoms. The van der Waals surface area contributed by atoms with Crippen molar-refractivity contribution in [1.82, 2.24) is 0 Å². The lowest BCUT2D eigenvalue weighted by Crippen LogP contribution is -2.12. The molecule has 0 aliphatic carbocycles. The second-order valence-electron chi connectivity index (χ2n) is 6.46. The molecule has 0 atom stereocenters. The fourth-order valence-electron chi connectivity index (χ4n) is 3.11. The van der Waals surface area contributed by atoms with Crippen LogP contribution in [-0.4, -0.2) is 22.2 Å². The SMILES string of the molecule is CCCCCCCCCCCc1ccc(C(=O)O)c(C(=O)O)c1C. The van der Waals surface area contributed by atoms with Crippen LogP contribution >= 0.6 is 0 Å². The predicted octanol–water partition coefficient (Wildman–Crippen LogP) is 5.46. The molecule has 0 saturated carbocycles. The molecule has 2 N–H and O–H groups in total. The van der Waals surface area contributed by atoms with Gasteiger partial charge in [0.1, 0.15) is 0 Å². The summed E-state index contributed by atoms with van der Waals surface area (Å²) in [6.45, 7) is 3.93. The number of benzene rings is 1. The molecular formula is C20H30O4. The number of hydrogen-bond acceptors (Lipinski definition) is 2. The molecule has 0 aliphatic heterocycles. The summed E-state index contributed by atoms with van der Waals surface area (Å²) in [7, 11) is 0. The zero-order valence-corrected chi connectivity index (χ0v) is 14.9. The van der Waals surface area contributed by atoms with E-state index in [9.17, 15) is 14.7 Å². The first-order chi connectivity index (χ1) is 11.5. The first-order valence-corrected chi connectivity index (χ1v) is 9.08. The predicted molar refractivity (Wildman–Crippen MR) is 96.0 cm³/mol. The number of carboxylic acid groups (broad SMARTS) is 2. The summed E-state index contributed by atoms with van der Waals surface area (Å²) < 4.78 is 0. The molecule has 0 fully saturated rings. The second-order valence-corrected chi connectivity index (χ2v) is 6.46. The van der Waals surface area contributed by atoms with Gasteiger partial charge in [-0.2, -0.15) is 0 Å². The van der Waals surface area contributed by atoms with Crippen LogP contribution in [0.4, 0.5) is 0 Å². The Morgan fingerprint density at radius 2 is 1.38 bits per heavy atom. The summed E-state index contributed by atoms with van der Waals surface area (Å²) in [5.74, 6) is -2.36. The molecule has 0 bridgehead atoms. The lowest BCUT2D eigenvalue weighted by molar-refractivity contribution is 0.0650. The molecular weight excluding hydrogens is 304 g/mol. The van der Waals surface area contributed by atoms with Crippen LogP contribution in [0.25, 0.3) is 0 Å². The Kier molecular flexibility index (Phi) is 9.13. The number of carbonyl (C=O) groups is 2. The number of aromatic carboxylic acids is 2.